The van der Waals surface area contributed by atoms with Gasteiger partial charge in [-0.2, -0.15) is 0 Å². The molecule has 7 nitrogen and oxygen atoms in total. The van der Waals surface area contributed by atoms with Crippen molar-refractivity contribution in [2.75, 3.05) is 69.3 Å². The first kappa shape index (κ1) is 24.4. The highest BCUT2D eigenvalue weighted by Crippen LogP contribution is 2.28. The number of anilines is 2. The van der Waals surface area contributed by atoms with Crippen LogP contribution in [0.1, 0.15) is 36.0 Å². The van der Waals surface area contributed by atoms with E-state index in [1.165, 1.54) is 38.0 Å². The molecule has 0 bridgehead atoms. The van der Waals surface area contributed by atoms with E-state index in [0.717, 1.165) is 61.5 Å². The standard InChI is InChI=1S/C29H37N5O2/c1-36-26-10-8-25(9-11-26)33-18-20-34(21-19-33)28-27-22-24(7-6-23(27)12-14-30-28)29(35)31-13-5-17-32-15-3-2-4-16-32/h6-12,14,22H,2-5,13,15-21H2,1H3,(H,31,35). The molecular weight excluding hydrogens is 450 g/mol. The number of aromatic nitrogens is 1. The first-order valence-electron chi connectivity index (χ1n) is 13.2. The smallest absolute Gasteiger partial charge is 0.251 e. The van der Waals surface area contributed by atoms with E-state index in [4.69, 9.17) is 9.72 Å². The number of fused-ring (bicyclic) bond motifs is 1. The molecule has 1 N–H and O–H groups in total. The van der Waals surface area contributed by atoms with Crippen LogP contribution in [-0.4, -0.2) is 75.3 Å². The number of piperidine rings is 1. The molecule has 2 aliphatic heterocycles. The minimum atomic E-state index is -0.00493. The Balaban J connectivity index is 1.21. The van der Waals surface area contributed by atoms with Crippen LogP contribution in [-0.2, 0) is 0 Å². The fourth-order valence-electron chi connectivity index (χ4n) is 5.31. The van der Waals surface area contributed by atoms with Crippen LogP contribution in [0.5, 0.6) is 5.75 Å². The van der Waals surface area contributed by atoms with Crippen molar-refractivity contribution >= 4 is 28.2 Å². The lowest BCUT2D eigenvalue weighted by atomic mass is 10.1. The average molecular weight is 488 g/mol. The van der Waals surface area contributed by atoms with Crippen molar-refractivity contribution in [2.24, 2.45) is 0 Å². The van der Waals surface area contributed by atoms with Crippen molar-refractivity contribution < 1.29 is 9.53 Å². The van der Waals surface area contributed by atoms with E-state index in [1.54, 1.807) is 7.11 Å². The number of ether oxygens (including phenoxy) is 1. The van der Waals surface area contributed by atoms with E-state index < -0.39 is 0 Å². The Morgan fingerprint density at radius 1 is 0.917 bits per heavy atom. The van der Waals surface area contributed by atoms with Crippen molar-refractivity contribution in [3.05, 3.63) is 60.3 Å². The van der Waals surface area contributed by atoms with Gasteiger partial charge in [-0.3, -0.25) is 4.79 Å². The minimum Gasteiger partial charge on any atom is -0.497 e. The molecule has 7 heteroatoms. The van der Waals surface area contributed by atoms with Crippen LogP contribution < -0.4 is 19.9 Å². The van der Waals surface area contributed by atoms with Crippen molar-refractivity contribution in [3.63, 3.8) is 0 Å². The van der Waals surface area contributed by atoms with Gasteiger partial charge in [0.25, 0.3) is 5.91 Å². The third kappa shape index (κ3) is 5.73. The van der Waals surface area contributed by atoms with E-state index in [9.17, 15) is 4.79 Å². The van der Waals surface area contributed by atoms with Gasteiger partial charge in [-0.25, -0.2) is 4.98 Å². The van der Waals surface area contributed by atoms with E-state index in [0.29, 0.717) is 12.1 Å². The summed E-state index contributed by atoms with van der Waals surface area (Å²) in [5.41, 5.74) is 1.91. The highest BCUT2D eigenvalue weighted by molar-refractivity contribution is 6.01. The van der Waals surface area contributed by atoms with Gasteiger partial charge in [0, 0.05) is 55.6 Å². The molecule has 5 rings (SSSR count). The zero-order valence-electron chi connectivity index (χ0n) is 21.3. The third-order valence-corrected chi connectivity index (χ3v) is 7.41. The molecule has 0 saturated carbocycles. The van der Waals surface area contributed by atoms with Crippen LogP contribution in [0.15, 0.2) is 54.7 Å². The van der Waals surface area contributed by atoms with E-state index in [2.05, 4.69) is 32.1 Å². The molecule has 3 aromatic rings. The van der Waals surface area contributed by atoms with Gasteiger partial charge in [-0.05, 0) is 86.7 Å². The van der Waals surface area contributed by atoms with Crippen LogP contribution >= 0.6 is 0 Å². The Morgan fingerprint density at radius 2 is 1.67 bits per heavy atom. The molecule has 1 amide bonds. The number of carbonyl (C=O) groups is 1. The number of pyridine rings is 1. The third-order valence-electron chi connectivity index (χ3n) is 7.41. The second-order valence-electron chi connectivity index (χ2n) is 9.75. The molecule has 2 aliphatic rings. The molecule has 2 saturated heterocycles. The second-order valence-corrected chi connectivity index (χ2v) is 9.75. The molecule has 190 valence electrons. The summed E-state index contributed by atoms with van der Waals surface area (Å²) in [6.45, 7) is 7.76. The average Bonchev–Trinajstić information content (AvgIpc) is 2.95. The predicted octanol–water partition coefficient (Wildman–Crippen LogP) is 4.18. The van der Waals surface area contributed by atoms with Crippen LogP contribution in [0.4, 0.5) is 11.5 Å². The number of carbonyl (C=O) groups excluding carboxylic acids is 1. The molecule has 36 heavy (non-hydrogen) atoms. The first-order chi connectivity index (χ1) is 17.7. The van der Waals surface area contributed by atoms with Gasteiger partial charge in [0.1, 0.15) is 11.6 Å². The van der Waals surface area contributed by atoms with Crippen molar-refractivity contribution in [3.8, 4) is 5.75 Å². The number of likely N-dealkylation sites (tertiary alicyclic amines) is 1. The molecule has 2 fully saturated rings. The maximum atomic E-state index is 12.9. The number of amides is 1. The Bertz CT molecular complexity index is 1150. The van der Waals surface area contributed by atoms with E-state index in [-0.39, 0.29) is 5.91 Å². The van der Waals surface area contributed by atoms with Crippen LogP contribution in [0.3, 0.4) is 0 Å². The van der Waals surface area contributed by atoms with Crippen molar-refractivity contribution in [2.45, 2.75) is 25.7 Å². The normalized spacial score (nSPS) is 16.8. The topological polar surface area (TPSA) is 60.9 Å². The number of hydrogen-bond donors (Lipinski definition) is 1. The monoisotopic (exact) mass is 487 g/mol. The summed E-state index contributed by atoms with van der Waals surface area (Å²) < 4.78 is 5.29. The summed E-state index contributed by atoms with van der Waals surface area (Å²) in [4.78, 5) is 24.9. The largest absolute Gasteiger partial charge is 0.497 e. The highest BCUT2D eigenvalue weighted by Gasteiger charge is 2.21. The number of benzene rings is 2. The fourth-order valence-corrected chi connectivity index (χ4v) is 5.31. The molecular formula is C29H37N5O2. The first-order valence-corrected chi connectivity index (χ1v) is 13.2. The summed E-state index contributed by atoms with van der Waals surface area (Å²) in [7, 11) is 1.69. The molecule has 0 aliphatic carbocycles. The number of nitrogens with one attached hydrogen (secondary N) is 1. The second kappa shape index (κ2) is 11.6. The zero-order chi connectivity index (χ0) is 24.7. The zero-order valence-corrected chi connectivity index (χ0v) is 21.3. The highest BCUT2D eigenvalue weighted by atomic mass is 16.5. The van der Waals surface area contributed by atoms with Gasteiger partial charge < -0.3 is 24.8 Å². The molecule has 2 aromatic carbocycles. The molecule has 0 spiro atoms. The Labute approximate surface area is 214 Å². The molecule has 3 heterocycles. The predicted molar refractivity (Wildman–Crippen MR) is 146 cm³/mol. The van der Waals surface area contributed by atoms with Gasteiger partial charge in [-0.15, -0.1) is 0 Å². The Kier molecular flexibility index (Phi) is 7.86. The van der Waals surface area contributed by atoms with Crippen LogP contribution in [0, 0.1) is 0 Å². The van der Waals surface area contributed by atoms with E-state index in [1.807, 2.05) is 42.6 Å². The quantitative estimate of drug-likeness (QED) is 0.481. The Hall–Kier alpha value is -3.32. The number of hydrogen-bond acceptors (Lipinski definition) is 6. The van der Waals surface area contributed by atoms with Gasteiger partial charge in [0.2, 0.25) is 0 Å². The summed E-state index contributed by atoms with van der Waals surface area (Å²) in [5, 5.41) is 5.27. The molecule has 0 unspecified atom stereocenters. The fraction of sp³-hybridized carbons (Fsp3) is 0.448. The van der Waals surface area contributed by atoms with Crippen molar-refractivity contribution in [1.82, 2.24) is 15.2 Å². The molecule has 0 radical (unpaired) electrons. The van der Waals surface area contributed by atoms with Gasteiger partial charge in [0.15, 0.2) is 0 Å². The molecule has 0 atom stereocenters. The Morgan fingerprint density at radius 3 is 2.42 bits per heavy atom. The van der Waals surface area contributed by atoms with Gasteiger partial charge in [0.05, 0.1) is 7.11 Å². The van der Waals surface area contributed by atoms with Crippen LogP contribution in [0.25, 0.3) is 10.8 Å². The number of methoxy groups -OCH3 is 1. The van der Waals surface area contributed by atoms with Gasteiger partial charge >= 0.3 is 0 Å². The summed E-state index contributed by atoms with van der Waals surface area (Å²) in [6.07, 6.45) is 6.82. The van der Waals surface area contributed by atoms with E-state index >= 15 is 0 Å². The summed E-state index contributed by atoms with van der Waals surface area (Å²) in [6, 6.07) is 16.2. The summed E-state index contributed by atoms with van der Waals surface area (Å²) in [5.74, 6) is 1.83. The number of rotatable bonds is 8. The SMILES string of the molecule is COc1ccc(N2CCN(c3nccc4ccc(C(=O)NCCCN5CCCCC5)cc34)CC2)cc1. The minimum absolute atomic E-state index is 0.00493. The lowest BCUT2D eigenvalue weighted by Crippen LogP contribution is -2.46. The number of piperazine rings is 1. The lowest BCUT2D eigenvalue weighted by molar-refractivity contribution is 0.0951. The van der Waals surface area contributed by atoms with Gasteiger partial charge in [-0.1, -0.05) is 12.5 Å². The lowest BCUT2D eigenvalue weighted by Gasteiger charge is -2.37. The van der Waals surface area contributed by atoms with Crippen molar-refractivity contribution in [1.29, 1.82) is 0 Å². The number of nitrogens with zero attached hydrogens (tertiary/aromatic N) is 4. The maximum Gasteiger partial charge on any atom is 0.251 e. The van der Waals surface area contributed by atoms with Crippen LogP contribution in [0.2, 0.25) is 0 Å². The summed E-state index contributed by atoms with van der Waals surface area (Å²) >= 11 is 0. The maximum absolute atomic E-state index is 12.9. The molecule has 1 aromatic heterocycles.